The second-order valence-corrected chi connectivity index (χ2v) is 7.20. The average molecular weight is 313 g/mol. The molecular formula is C15H24NO4P. The molecule has 0 fully saturated rings. The van der Waals surface area contributed by atoms with Gasteiger partial charge >= 0.3 is 7.60 Å². The number of rotatable bonds is 9. The van der Waals surface area contributed by atoms with Gasteiger partial charge in [-0.25, -0.2) is 0 Å². The van der Waals surface area contributed by atoms with E-state index in [-0.39, 0.29) is 18.0 Å². The lowest BCUT2D eigenvalue weighted by Gasteiger charge is -2.21. The average Bonchev–Trinajstić information content (AvgIpc) is 2.43. The first kappa shape index (κ1) is 18.0. The molecule has 3 unspecified atom stereocenters. The predicted octanol–water partition coefficient (Wildman–Crippen LogP) is 3.22. The van der Waals surface area contributed by atoms with E-state index in [0.717, 1.165) is 5.56 Å². The van der Waals surface area contributed by atoms with Gasteiger partial charge in [0, 0.05) is 18.3 Å². The monoisotopic (exact) mass is 313 g/mol. The highest BCUT2D eigenvalue weighted by Crippen LogP contribution is 2.46. The number of nitrogens with zero attached hydrogens (tertiary/aromatic N) is 1. The molecule has 3 atom stereocenters. The summed E-state index contributed by atoms with van der Waals surface area (Å²) in [6.07, 6.45) is 4.86. The Labute approximate surface area is 126 Å². The molecule has 1 N–H and O–H groups in total. The smallest absolute Gasteiger partial charge is 0.324 e. The largest absolute Gasteiger partial charge is 0.329 e. The number of ketones is 1. The molecule has 1 rings (SSSR count). The first-order valence-corrected chi connectivity index (χ1v) is 9.00. The Morgan fingerprint density at radius 3 is 2.76 bits per heavy atom. The standard InChI is InChI=1S/C15H24NO4P/c1-4-12(2)20-21(18,19)11-15(13(3)17)8-7-14-6-5-9-16-10-14/h5-6,9-10,12,15H,4,7-8,11H2,1-3H3,(H,18,19). The maximum absolute atomic E-state index is 12.1. The fourth-order valence-corrected chi connectivity index (χ4v) is 3.78. The molecule has 0 aromatic carbocycles. The molecular weight excluding hydrogens is 289 g/mol. The van der Waals surface area contributed by atoms with Crippen LogP contribution in [0.5, 0.6) is 0 Å². The number of Topliss-reactive ketones (excluding diaryl/α,β-unsaturated/α-hetero) is 1. The van der Waals surface area contributed by atoms with Gasteiger partial charge < -0.3 is 9.42 Å². The summed E-state index contributed by atoms with van der Waals surface area (Å²) in [5.41, 5.74) is 1.01. The van der Waals surface area contributed by atoms with Gasteiger partial charge in [0.25, 0.3) is 0 Å². The van der Waals surface area contributed by atoms with E-state index in [2.05, 4.69) is 4.98 Å². The number of hydrogen-bond acceptors (Lipinski definition) is 4. The van der Waals surface area contributed by atoms with Crippen molar-refractivity contribution in [2.75, 3.05) is 6.16 Å². The minimum Gasteiger partial charge on any atom is -0.324 e. The molecule has 0 aliphatic carbocycles. The molecule has 1 heterocycles. The Hall–Kier alpha value is -1.03. The molecule has 1 aromatic rings. The van der Waals surface area contributed by atoms with Crippen molar-refractivity contribution >= 4 is 13.4 Å². The van der Waals surface area contributed by atoms with Crippen LogP contribution in [0.25, 0.3) is 0 Å². The van der Waals surface area contributed by atoms with Crippen LogP contribution >= 0.6 is 7.60 Å². The van der Waals surface area contributed by atoms with Gasteiger partial charge in [0.05, 0.1) is 12.3 Å². The lowest BCUT2D eigenvalue weighted by molar-refractivity contribution is -0.120. The topological polar surface area (TPSA) is 76.5 Å². The number of carbonyl (C=O) groups excluding carboxylic acids is 1. The van der Waals surface area contributed by atoms with E-state index in [9.17, 15) is 14.3 Å². The van der Waals surface area contributed by atoms with Crippen LogP contribution in [0.3, 0.4) is 0 Å². The predicted molar refractivity (Wildman–Crippen MR) is 82.3 cm³/mol. The van der Waals surface area contributed by atoms with Crippen LogP contribution in [0.4, 0.5) is 0 Å². The maximum atomic E-state index is 12.1. The lowest BCUT2D eigenvalue weighted by Crippen LogP contribution is -2.19. The quantitative estimate of drug-likeness (QED) is 0.708. The number of hydrogen-bond donors (Lipinski definition) is 1. The molecule has 0 aliphatic heterocycles. The third kappa shape index (κ3) is 6.98. The molecule has 1 aromatic heterocycles. The number of pyridine rings is 1. The normalized spacial score (nSPS) is 17.0. The third-order valence-electron chi connectivity index (χ3n) is 3.45. The van der Waals surface area contributed by atoms with E-state index in [1.807, 2.05) is 19.1 Å². The summed E-state index contributed by atoms with van der Waals surface area (Å²) in [6, 6.07) is 3.76. The molecule has 0 spiro atoms. The van der Waals surface area contributed by atoms with Crippen LogP contribution in [0.15, 0.2) is 24.5 Å². The minimum atomic E-state index is -3.73. The van der Waals surface area contributed by atoms with Gasteiger partial charge in [-0.05, 0) is 44.7 Å². The second-order valence-electron chi connectivity index (χ2n) is 5.35. The van der Waals surface area contributed by atoms with Crippen molar-refractivity contribution in [2.24, 2.45) is 5.92 Å². The van der Waals surface area contributed by atoms with E-state index in [4.69, 9.17) is 4.52 Å². The second kappa shape index (κ2) is 8.42. The molecule has 0 aliphatic rings. The van der Waals surface area contributed by atoms with Gasteiger partial charge in [-0.2, -0.15) is 0 Å². The van der Waals surface area contributed by atoms with E-state index >= 15 is 0 Å². The van der Waals surface area contributed by atoms with Crippen molar-refractivity contribution in [3.8, 4) is 0 Å². The van der Waals surface area contributed by atoms with Crippen molar-refractivity contribution in [2.45, 2.75) is 46.1 Å². The molecule has 5 nitrogen and oxygen atoms in total. The zero-order valence-electron chi connectivity index (χ0n) is 12.9. The fourth-order valence-electron chi connectivity index (χ4n) is 1.99. The van der Waals surface area contributed by atoms with Crippen molar-refractivity contribution < 1.29 is 18.8 Å². The molecule has 118 valence electrons. The number of aromatic nitrogens is 1. The summed E-state index contributed by atoms with van der Waals surface area (Å²) in [7, 11) is -3.73. The summed E-state index contributed by atoms with van der Waals surface area (Å²) in [6.45, 7) is 5.09. The van der Waals surface area contributed by atoms with Gasteiger partial charge in [-0.15, -0.1) is 0 Å². The van der Waals surface area contributed by atoms with Crippen LogP contribution in [0.2, 0.25) is 0 Å². The van der Waals surface area contributed by atoms with Gasteiger partial charge in [-0.3, -0.25) is 14.3 Å². The lowest BCUT2D eigenvalue weighted by atomic mass is 9.99. The number of carbonyl (C=O) groups is 1. The van der Waals surface area contributed by atoms with Crippen molar-refractivity contribution in [1.29, 1.82) is 0 Å². The Morgan fingerprint density at radius 2 is 2.24 bits per heavy atom. The van der Waals surface area contributed by atoms with E-state index in [1.54, 1.807) is 19.3 Å². The van der Waals surface area contributed by atoms with Gasteiger partial charge in [0.1, 0.15) is 5.78 Å². The molecule has 0 amide bonds. The minimum absolute atomic E-state index is 0.0825. The Morgan fingerprint density at radius 1 is 1.52 bits per heavy atom. The summed E-state index contributed by atoms with van der Waals surface area (Å²) in [5.74, 6) is -0.550. The molecule has 0 saturated heterocycles. The van der Waals surface area contributed by atoms with Crippen molar-refractivity contribution in [3.05, 3.63) is 30.1 Å². The molecule has 21 heavy (non-hydrogen) atoms. The number of aryl methyl sites for hydroxylation is 1. The van der Waals surface area contributed by atoms with Gasteiger partial charge in [0.2, 0.25) is 0 Å². The van der Waals surface area contributed by atoms with Crippen LogP contribution in [0.1, 0.15) is 39.2 Å². The highest BCUT2D eigenvalue weighted by Gasteiger charge is 2.29. The maximum Gasteiger partial charge on any atom is 0.329 e. The van der Waals surface area contributed by atoms with E-state index in [0.29, 0.717) is 19.3 Å². The first-order valence-electron chi connectivity index (χ1n) is 7.23. The van der Waals surface area contributed by atoms with Gasteiger partial charge in [-0.1, -0.05) is 13.0 Å². The fraction of sp³-hybridized carbons (Fsp3) is 0.600. The zero-order chi connectivity index (χ0) is 15.9. The molecule has 6 heteroatoms. The SMILES string of the molecule is CCC(C)OP(=O)(O)CC(CCc1cccnc1)C(C)=O. The zero-order valence-corrected chi connectivity index (χ0v) is 13.8. The summed E-state index contributed by atoms with van der Waals surface area (Å²) < 4.78 is 17.2. The summed E-state index contributed by atoms with van der Waals surface area (Å²) in [5, 5.41) is 0. The van der Waals surface area contributed by atoms with Crippen LogP contribution in [-0.2, 0) is 20.3 Å². The Balaban J connectivity index is 2.61. The van der Waals surface area contributed by atoms with E-state index in [1.165, 1.54) is 6.92 Å². The Kier molecular flexibility index (Phi) is 7.23. The van der Waals surface area contributed by atoms with Crippen LogP contribution < -0.4 is 0 Å². The highest BCUT2D eigenvalue weighted by atomic mass is 31.2. The van der Waals surface area contributed by atoms with E-state index < -0.39 is 13.5 Å². The van der Waals surface area contributed by atoms with Crippen LogP contribution in [-0.4, -0.2) is 27.9 Å². The van der Waals surface area contributed by atoms with Gasteiger partial charge in [0.15, 0.2) is 0 Å². The third-order valence-corrected chi connectivity index (χ3v) is 5.04. The molecule has 0 bridgehead atoms. The summed E-state index contributed by atoms with van der Waals surface area (Å²) in [4.78, 5) is 25.6. The first-order chi connectivity index (χ1) is 9.84. The van der Waals surface area contributed by atoms with Crippen LogP contribution in [0, 0.1) is 5.92 Å². The van der Waals surface area contributed by atoms with Crippen molar-refractivity contribution in [3.63, 3.8) is 0 Å². The Bertz CT molecular complexity index is 492. The molecule has 0 saturated carbocycles. The van der Waals surface area contributed by atoms with Crippen molar-refractivity contribution in [1.82, 2.24) is 4.98 Å². The highest BCUT2D eigenvalue weighted by molar-refractivity contribution is 7.52. The molecule has 0 radical (unpaired) electrons. The summed E-state index contributed by atoms with van der Waals surface area (Å²) >= 11 is 0.